The minimum atomic E-state index is 0.0948. The quantitative estimate of drug-likeness (QED) is 0.741. The second-order valence-corrected chi connectivity index (χ2v) is 7.06. The largest absolute Gasteiger partial charge is 0.497 e. The van der Waals surface area contributed by atoms with E-state index in [-0.39, 0.29) is 5.92 Å². The summed E-state index contributed by atoms with van der Waals surface area (Å²) in [6, 6.07) is 16.5. The normalized spacial score (nSPS) is 21.2. The molecule has 0 N–H and O–H groups in total. The third-order valence-corrected chi connectivity index (χ3v) is 5.53. The predicted molar refractivity (Wildman–Crippen MR) is 95.9 cm³/mol. The maximum absolute atomic E-state index is 12.4. The van der Waals surface area contributed by atoms with E-state index in [1.807, 2.05) is 24.3 Å². The number of carbonyl (C=O) groups is 1. The average Bonchev–Trinajstić information content (AvgIpc) is 2.59. The number of rotatable bonds is 4. The molecule has 1 fully saturated rings. The van der Waals surface area contributed by atoms with Gasteiger partial charge >= 0.3 is 0 Å². The molecular formula is C20H21BrO2. The SMILES string of the molecule is COc1ccc(Br)c(CC2CC(c3ccccc3)CCC2=O)c1. The summed E-state index contributed by atoms with van der Waals surface area (Å²) in [4.78, 5) is 12.4. The van der Waals surface area contributed by atoms with Gasteiger partial charge in [-0.25, -0.2) is 0 Å². The molecule has 2 nitrogen and oxygen atoms in total. The highest BCUT2D eigenvalue weighted by Crippen LogP contribution is 2.37. The first kappa shape index (κ1) is 16.3. The number of methoxy groups -OCH3 is 1. The van der Waals surface area contributed by atoms with Crippen LogP contribution in [-0.4, -0.2) is 12.9 Å². The van der Waals surface area contributed by atoms with E-state index in [2.05, 4.69) is 40.2 Å². The number of ether oxygens (including phenoxy) is 1. The Bertz CT molecular complexity index is 681. The molecule has 0 bridgehead atoms. The number of halogens is 1. The smallest absolute Gasteiger partial charge is 0.136 e. The van der Waals surface area contributed by atoms with Crippen LogP contribution in [-0.2, 0) is 11.2 Å². The van der Waals surface area contributed by atoms with Gasteiger partial charge in [0.2, 0.25) is 0 Å². The zero-order valence-corrected chi connectivity index (χ0v) is 14.9. The van der Waals surface area contributed by atoms with Crippen LogP contribution < -0.4 is 4.74 Å². The van der Waals surface area contributed by atoms with Crippen molar-refractivity contribution in [1.82, 2.24) is 0 Å². The van der Waals surface area contributed by atoms with E-state index >= 15 is 0 Å². The van der Waals surface area contributed by atoms with E-state index in [0.717, 1.165) is 35.0 Å². The van der Waals surface area contributed by atoms with Crippen molar-refractivity contribution < 1.29 is 9.53 Å². The van der Waals surface area contributed by atoms with Crippen molar-refractivity contribution in [2.45, 2.75) is 31.6 Å². The van der Waals surface area contributed by atoms with Gasteiger partial charge in [0.25, 0.3) is 0 Å². The van der Waals surface area contributed by atoms with Gasteiger partial charge in [0.15, 0.2) is 0 Å². The summed E-state index contributed by atoms with van der Waals surface area (Å²) in [5, 5.41) is 0. The van der Waals surface area contributed by atoms with E-state index in [1.54, 1.807) is 7.11 Å². The summed E-state index contributed by atoms with van der Waals surface area (Å²) >= 11 is 3.60. The third kappa shape index (κ3) is 3.84. The fraction of sp³-hybridized carbons (Fsp3) is 0.350. The van der Waals surface area contributed by atoms with Crippen molar-refractivity contribution in [3.8, 4) is 5.75 Å². The number of hydrogen-bond acceptors (Lipinski definition) is 2. The zero-order chi connectivity index (χ0) is 16.2. The Morgan fingerprint density at radius 2 is 1.96 bits per heavy atom. The highest BCUT2D eigenvalue weighted by molar-refractivity contribution is 9.10. The second-order valence-electron chi connectivity index (χ2n) is 6.21. The monoisotopic (exact) mass is 372 g/mol. The Kier molecular flexibility index (Phi) is 5.16. The van der Waals surface area contributed by atoms with Crippen LogP contribution in [0.4, 0.5) is 0 Å². The van der Waals surface area contributed by atoms with Crippen molar-refractivity contribution >= 4 is 21.7 Å². The number of Topliss-reactive ketones (excluding diaryl/α,β-unsaturated/α-hetero) is 1. The van der Waals surface area contributed by atoms with E-state index in [4.69, 9.17) is 4.74 Å². The van der Waals surface area contributed by atoms with E-state index in [9.17, 15) is 4.79 Å². The molecule has 2 aromatic rings. The molecule has 0 heterocycles. The molecule has 0 spiro atoms. The van der Waals surface area contributed by atoms with Gasteiger partial charge < -0.3 is 4.74 Å². The summed E-state index contributed by atoms with van der Waals surface area (Å²) in [7, 11) is 1.67. The molecule has 2 atom stereocenters. The molecule has 0 aliphatic heterocycles. The lowest BCUT2D eigenvalue weighted by molar-refractivity contribution is -0.124. The fourth-order valence-electron chi connectivity index (χ4n) is 3.44. The molecule has 3 rings (SSSR count). The van der Waals surface area contributed by atoms with Crippen molar-refractivity contribution in [1.29, 1.82) is 0 Å². The summed E-state index contributed by atoms with van der Waals surface area (Å²) in [5.74, 6) is 1.82. The Hall–Kier alpha value is -1.61. The second kappa shape index (κ2) is 7.31. The molecule has 1 aliphatic rings. The van der Waals surface area contributed by atoms with Crippen LogP contribution >= 0.6 is 15.9 Å². The zero-order valence-electron chi connectivity index (χ0n) is 13.3. The van der Waals surface area contributed by atoms with Crippen LogP contribution in [0.3, 0.4) is 0 Å². The molecular weight excluding hydrogens is 352 g/mol. The van der Waals surface area contributed by atoms with Gasteiger partial charge in [-0.15, -0.1) is 0 Å². The number of benzene rings is 2. The number of ketones is 1. The third-order valence-electron chi connectivity index (χ3n) is 4.75. The summed E-state index contributed by atoms with van der Waals surface area (Å²) in [5.41, 5.74) is 2.51. The molecule has 0 radical (unpaired) electrons. The van der Waals surface area contributed by atoms with Crippen molar-refractivity contribution in [2.24, 2.45) is 5.92 Å². The van der Waals surface area contributed by atoms with Crippen LogP contribution in [0.2, 0.25) is 0 Å². The molecule has 1 aliphatic carbocycles. The molecule has 3 heteroatoms. The molecule has 120 valence electrons. The van der Waals surface area contributed by atoms with Gasteiger partial charge in [-0.2, -0.15) is 0 Å². The molecule has 1 saturated carbocycles. The van der Waals surface area contributed by atoms with Gasteiger partial charge in [-0.3, -0.25) is 4.79 Å². The van der Waals surface area contributed by atoms with Crippen molar-refractivity contribution in [2.75, 3.05) is 7.11 Å². The highest BCUT2D eigenvalue weighted by Gasteiger charge is 2.30. The lowest BCUT2D eigenvalue weighted by Crippen LogP contribution is -2.25. The summed E-state index contributed by atoms with van der Waals surface area (Å²) in [6.45, 7) is 0. The first-order valence-electron chi connectivity index (χ1n) is 8.07. The Labute approximate surface area is 146 Å². The number of hydrogen-bond donors (Lipinski definition) is 0. The Balaban J connectivity index is 1.77. The Morgan fingerprint density at radius 1 is 1.17 bits per heavy atom. The predicted octanol–water partition coefficient (Wildman–Crippen LogP) is 5.15. The van der Waals surface area contributed by atoms with E-state index < -0.39 is 0 Å². The maximum Gasteiger partial charge on any atom is 0.136 e. The van der Waals surface area contributed by atoms with Crippen molar-refractivity contribution in [3.05, 3.63) is 64.1 Å². The topological polar surface area (TPSA) is 26.3 Å². The highest BCUT2D eigenvalue weighted by atomic mass is 79.9. The van der Waals surface area contributed by atoms with E-state index in [1.165, 1.54) is 5.56 Å². The maximum atomic E-state index is 12.4. The molecule has 0 amide bonds. The van der Waals surface area contributed by atoms with Crippen molar-refractivity contribution in [3.63, 3.8) is 0 Å². The molecule has 2 aromatic carbocycles. The molecule has 2 unspecified atom stereocenters. The van der Waals surface area contributed by atoms with E-state index in [0.29, 0.717) is 18.1 Å². The number of carbonyl (C=O) groups excluding carboxylic acids is 1. The minimum absolute atomic E-state index is 0.0948. The first-order valence-corrected chi connectivity index (χ1v) is 8.86. The standard InChI is InChI=1S/C20H21BrO2/c1-23-18-8-9-19(21)16(13-18)12-17-11-15(7-10-20(17)22)14-5-3-2-4-6-14/h2-6,8-9,13,15,17H,7,10-12H2,1H3. The van der Waals surface area contributed by atoms with Crippen LogP contribution in [0.25, 0.3) is 0 Å². The van der Waals surface area contributed by atoms with Gasteiger partial charge in [0.05, 0.1) is 7.11 Å². The van der Waals surface area contributed by atoms with Gasteiger partial charge in [0.1, 0.15) is 11.5 Å². The average molecular weight is 373 g/mol. The van der Waals surface area contributed by atoms with Crippen LogP contribution in [0.5, 0.6) is 5.75 Å². The first-order chi connectivity index (χ1) is 11.2. The van der Waals surface area contributed by atoms with Gasteiger partial charge in [-0.05, 0) is 54.5 Å². The van der Waals surface area contributed by atoms with Crippen LogP contribution in [0.15, 0.2) is 53.0 Å². The minimum Gasteiger partial charge on any atom is -0.497 e. The van der Waals surface area contributed by atoms with Crippen LogP contribution in [0, 0.1) is 5.92 Å². The van der Waals surface area contributed by atoms with Gasteiger partial charge in [0, 0.05) is 16.8 Å². The lowest BCUT2D eigenvalue weighted by Gasteiger charge is -2.29. The Morgan fingerprint density at radius 3 is 2.70 bits per heavy atom. The molecule has 23 heavy (non-hydrogen) atoms. The van der Waals surface area contributed by atoms with Crippen LogP contribution in [0.1, 0.15) is 36.3 Å². The molecule has 0 aromatic heterocycles. The lowest BCUT2D eigenvalue weighted by atomic mass is 9.75. The fourth-order valence-corrected chi connectivity index (χ4v) is 3.85. The summed E-state index contributed by atoms with van der Waals surface area (Å²) in [6.07, 6.45) is 3.37. The molecule has 0 saturated heterocycles. The van der Waals surface area contributed by atoms with Gasteiger partial charge in [-0.1, -0.05) is 46.3 Å². The summed E-state index contributed by atoms with van der Waals surface area (Å²) < 4.78 is 6.36.